The molecule has 0 unspecified atom stereocenters. The van der Waals surface area contributed by atoms with Gasteiger partial charge < -0.3 is 26.5 Å². The lowest BCUT2D eigenvalue weighted by molar-refractivity contribution is -0.123. The number of nitrogens with one attached hydrogen (secondary N) is 4. The molecule has 0 bridgehead atoms. The predicted molar refractivity (Wildman–Crippen MR) is 120 cm³/mol. The van der Waals surface area contributed by atoms with Gasteiger partial charge in [-0.05, 0) is 55.3 Å². The number of H-pyrrole nitrogens is 1. The van der Waals surface area contributed by atoms with Crippen LogP contribution in [0.5, 0.6) is 5.75 Å². The smallest absolute Gasteiger partial charge is 0.258 e. The van der Waals surface area contributed by atoms with Crippen LogP contribution in [0.25, 0.3) is 11.4 Å². The molecule has 9 heteroatoms. The maximum atomic E-state index is 12.0. The first-order valence-corrected chi connectivity index (χ1v) is 10.2. The third-order valence-corrected chi connectivity index (χ3v) is 5.20. The summed E-state index contributed by atoms with van der Waals surface area (Å²) in [5, 5.41) is 20.6. The number of amides is 1. The number of rotatable bonds is 8. The van der Waals surface area contributed by atoms with Crippen molar-refractivity contribution in [3.63, 3.8) is 0 Å². The fourth-order valence-corrected chi connectivity index (χ4v) is 3.55. The number of anilines is 3. The molecule has 1 aliphatic carbocycles. The number of nitrogen functional groups attached to an aromatic ring is 1. The van der Waals surface area contributed by atoms with Crippen LogP contribution in [0.1, 0.15) is 31.2 Å². The molecule has 1 amide bonds. The lowest BCUT2D eigenvalue weighted by atomic mass is 10.2. The summed E-state index contributed by atoms with van der Waals surface area (Å²) in [6.45, 7) is 0.00550. The third kappa shape index (κ3) is 5.19. The summed E-state index contributed by atoms with van der Waals surface area (Å²) in [5.74, 6) is 1.52. The van der Waals surface area contributed by atoms with Crippen LogP contribution in [0.15, 0.2) is 42.5 Å². The van der Waals surface area contributed by atoms with E-state index < -0.39 is 0 Å². The molecule has 9 nitrogen and oxygen atoms in total. The zero-order valence-corrected chi connectivity index (χ0v) is 17.0. The lowest BCUT2D eigenvalue weighted by Crippen LogP contribution is -2.36. The number of benzene rings is 2. The Morgan fingerprint density at radius 3 is 2.74 bits per heavy atom. The molecule has 1 fully saturated rings. The fraction of sp³-hybridized carbons (Fsp3) is 0.273. The Morgan fingerprint density at radius 2 is 2.00 bits per heavy atom. The second-order valence-corrected chi connectivity index (χ2v) is 7.48. The van der Waals surface area contributed by atoms with Crippen LogP contribution in [-0.2, 0) is 4.79 Å². The van der Waals surface area contributed by atoms with Crippen LogP contribution in [0.3, 0.4) is 0 Å². The third-order valence-electron chi connectivity index (χ3n) is 5.20. The molecule has 6 N–H and O–H groups in total. The number of nitrogens with zero attached hydrogens (tertiary/aromatic N) is 2. The van der Waals surface area contributed by atoms with E-state index >= 15 is 0 Å². The largest absolute Gasteiger partial charge is 0.484 e. The molecule has 2 aromatic carbocycles. The summed E-state index contributed by atoms with van der Waals surface area (Å²) in [4.78, 5) is 16.4. The number of aromatic amines is 1. The van der Waals surface area contributed by atoms with Gasteiger partial charge in [0.05, 0.1) is 0 Å². The molecule has 31 heavy (non-hydrogen) atoms. The SMILES string of the molecule is N=Cc1cc(Nc2n[nH]c(-c3ccc(OCC(=O)NC4CCCC4)cc3)n2)ccc1N. The van der Waals surface area contributed by atoms with Crippen LogP contribution in [0, 0.1) is 5.41 Å². The van der Waals surface area contributed by atoms with Crippen molar-refractivity contribution in [3.05, 3.63) is 48.0 Å². The van der Waals surface area contributed by atoms with Gasteiger partial charge in [-0.1, -0.05) is 12.8 Å². The van der Waals surface area contributed by atoms with Crippen molar-refractivity contribution < 1.29 is 9.53 Å². The van der Waals surface area contributed by atoms with Crippen molar-refractivity contribution in [2.45, 2.75) is 31.7 Å². The molecule has 1 saturated carbocycles. The zero-order valence-electron chi connectivity index (χ0n) is 17.0. The van der Waals surface area contributed by atoms with Crippen molar-refractivity contribution in [1.29, 1.82) is 5.41 Å². The van der Waals surface area contributed by atoms with Crippen molar-refractivity contribution in [1.82, 2.24) is 20.5 Å². The van der Waals surface area contributed by atoms with Gasteiger partial charge in [0, 0.05) is 34.8 Å². The summed E-state index contributed by atoms with van der Waals surface area (Å²) in [5.41, 5.74) is 8.53. The molecule has 1 aromatic heterocycles. The first-order valence-electron chi connectivity index (χ1n) is 10.2. The molecule has 0 atom stereocenters. The molecular weight excluding hydrogens is 394 g/mol. The Hall–Kier alpha value is -3.88. The minimum atomic E-state index is -0.0873. The maximum absolute atomic E-state index is 12.0. The highest BCUT2D eigenvalue weighted by molar-refractivity contribution is 5.87. The van der Waals surface area contributed by atoms with Crippen LogP contribution >= 0.6 is 0 Å². The van der Waals surface area contributed by atoms with Gasteiger partial charge >= 0.3 is 0 Å². The highest BCUT2D eigenvalue weighted by atomic mass is 16.5. The monoisotopic (exact) mass is 419 g/mol. The van der Waals surface area contributed by atoms with Gasteiger partial charge in [0.25, 0.3) is 5.91 Å². The van der Waals surface area contributed by atoms with E-state index in [9.17, 15) is 4.79 Å². The number of carbonyl (C=O) groups excluding carboxylic acids is 1. The zero-order chi connectivity index (χ0) is 21.6. The topological polar surface area (TPSA) is 142 Å². The second kappa shape index (κ2) is 9.29. The van der Waals surface area contributed by atoms with E-state index in [0.717, 1.165) is 24.1 Å². The Labute approximate surface area is 179 Å². The maximum Gasteiger partial charge on any atom is 0.258 e. The average Bonchev–Trinajstić information content (AvgIpc) is 3.46. The Morgan fingerprint density at radius 1 is 1.23 bits per heavy atom. The average molecular weight is 419 g/mol. The van der Waals surface area contributed by atoms with Crippen LogP contribution in [0.4, 0.5) is 17.3 Å². The second-order valence-electron chi connectivity index (χ2n) is 7.48. The molecule has 160 valence electrons. The number of hydrogen-bond donors (Lipinski definition) is 5. The van der Waals surface area contributed by atoms with Gasteiger partial charge in [0.2, 0.25) is 5.95 Å². The molecule has 4 rings (SSSR count). The highest BCUT2D eigenvalue weighted by Crippen LogP contribution is 2.23. The molecule has 3 aromatic rings. The number of carbonyl (C=O) groups is 1. The molecule has 0 radical (unpaired) electrons. The first-order chi connectivity index (χ1) is 15.1. The van der Waals surface area contributed by atoms with E-state index in [4.69, 9.17) is 15.9 Å². The number of nitrogens with two attached hydrogens (primary N) is 1. The van der Waals surface area contributed by atoms with E-state index in [2.05, 4.69) is 25.8 Å². The number of aromatic nitrogens is 3. The van der Waals surface area contributed by atoms with Gasteiger partial charge in [0.1, 0.15) is 5.75 Å². The van der Waals surface area contributed by atoms with E-state index in [1.165, 1.54) is 19.1 Å². The summed E-state index contributed by atoms with van der Waals surface area (Å²) in [6.07, 6.45) is 5.66. The molecule has 0 spiro atoms. The summed E-state index contributed by atoms with van der Waals surface area (Å²) >= 11 is 0. The predicted octanol–water partition coefficient (Wildman–Crippen LogP) is 3.23. The van der Waals surface area contributed by atoms with Crippen molar-refractivity contribution in [3.8, 4) is 17.1 Å². The fourth-order valence-electron chi connectivity index (χ4n) is 3.55. The Kier molecular flexibility index (Phi) is 6.11. The first kappa shape index (κ1) is 20.4. The minimum absolute atomic E-state index is 0.00550. The van der Waals surface area contributed by atoms with Gasteiger partial charge in [-0.15, -0.1) is 5.10 Å². The van der Waals surface area contributed by atoms with Crippen molar-refractivity contribution >= 4 is 29.4 Å². The summed E-state index contributed by atoms with van der Waals surface area (Å²) in [6, 6.07) is 12.9. The van der Waals surface area contributed by atoms with E-state index in [-0.39, 0.29) is 18.6 Å². The quantitative estimate of drug-likeness (QED) is 0.280. The van der Waals surface area contributed by atoms with Crippen LogP contribution < -0.4 is 21.1 Å². The molecule has 0 saturated heterocycles. The molecule has 1 heterocycles. The Bertz CT molecular complexity index is 1060. The Balaban J connectivity index is 1.33. The summed E-state index contributed by atoms with van der Waals surface area (Å²) < 4.78 is 5.59. The lowest BCUT2D eigenvalue weighted by Gasteiger charge is -2.12. The number of ether oxygens (including phenoxy) is 1. The van der Waals surface area contributed by atoms with Gasteiger partial charge in [-0.2, -0.15) is 4.98 Å². The highest BCUT2D eigenvalue weighted by Gasteiger charge is 2.17. The molecular formula is C22H25N7O2. The van der Waals surface area contributed by atoms with Crippen molar-refractivity contribution in [2.24, 2.45) is 0 Å². The molecule has 0 aliphatic heterocycles. The molecule has 1 aliphatic rings. The van der Waals surface area contributed by atoms with Gasteiger partial charge in [-0.3, -0.25) is 9.89 Å². The van der Waals surface area contributed by atoms with Crippen molar-refractivity contribution in [2.75, 3.05) is 17.7 Å². The van der Waals surface area contributed by atoms with E-state index in [0.29, 0.717) is 28.8 Å². The summed E-state index contributed by atoms with van der Waals surface area (Å²) in [7, 11) is 0. The van der Waals surface area contributed by atoms with Gasteiger partial charge in [-0.25, -0.2) is 0 Å². The van der Waals surface area contributed by atoms with E-state index in [1.807, 2.05) is 12.1 Å². The van der Waals surface area contributed by atoms with Gasteiger partial charge in [0.15, 0.2) is 12.4 Å². The minimum Gasteiger partial charge on any atom is -0.484 e. The van der Waals surface area contributed by atoms with Crippen LogP contribution in [-0.4, -0.2) is 40.0 Å². The normalized spacial score (nSPS) is 13.7. The standard InChI is InChI=1S/C22H25N7O2/c23-12-15-11-17(7-10-19(15)24)26-22-27-21(28-29-22)14-5-8-18(9-6-14)31-13-20(30)25-16-3-1-2-4-16/h5-12,16,23H,1-4,13,24H2,(H,25,30)(H2,26,27,28,29). The van der Waals surface area contributed by atoms with Crippen LogP contribution in [0.2, 0.25) is 0 Å². The number of hydrogen-bond acceptors (Lipinski definition) is 7. The van der Waals surface area contributed by atoms with E-state index in [1.54, 1.807) is 30.3 Å².